The molecule has 0 spiro atoms. The number of rotatable bonds is 14. The molecule has 41 heavy (non-hydrogen) atoms. The SMILES string of the molecule is COc1cc(COP(OC[C@H]2O[C@@H](n3cc(F)c(=O)[nH]c3=O)C[C@@H]2O)N(C)CCCCCl)c(OC)c2ccccc12. The number of H-pyrrole nitrogens is 1. The van der Waals surface area contributed by atoms with Crippen molar-refractivity contribution in [2.45, 2.75) is 44.3 Å². The maximum Gasteiger partial charge on any atom is 0.330 e. The van der Waals surface area contributed by atoms with Gasteiger partial charge in [-0.05, 0) is 26.0 Å². The van der Waals surface area contributed by atoms with Gasteiger partial charge in [-0.15, -0.1) is 11.6 Å². The number of fused-ring (bicyclic) bond motifs is 1. The quantitative estimate of drug-likeness (QED) is 0.158. The highest BCUT2D eigenvalue weighted by Crippen LogP contribution is 2.45. The number of alkyl halides is 1. The van der Waals surface area contributed by atoms with E-state index < -0.39 is 44.0 Å². The average Bonchev–Trinajstić information content (AvgIpc) is 3.34. The van der Waals surface area contributed by atoms with Gasteiger partial charge < -0.3 is 28.4 Å². The first-order valence-corrected chi connectivity index (χ1v) is 14.7. The van der Waals surface area contributed by atoms with Crippen LogP contribution in [0.25, 0.3) is 10.8 Å². The largest absolute Gasteiger partial charge is 0.496 e. The maximum atomic E-state index is 13.8. The molecular weight excluding hydrogens is 580 g/mol. The van der Waals surface area contributed by atoms with Gasteiger partial charge in [0.2, 0.25) is 5.82 Å². The van der Waals surface area contributed by atoms with Crippen molar-refractivity contribution in [1.29, 1.82) is 0 Å². The van der Waals surface area contributed by atoms with Crippen LogP contribution in [0.4, 0.5) is 4.39 Å². The van der Waals surface area contributed by atoms with Crippen molar-refractivity contribution >= 4 is 30.9 Å². The normalized spacial score (nSPS) is 19.6. The van der Waals surface area contributed by atoms with Gasteiger partial charge in [0, 0.05) is 35.2 Å². The van der Waals surface area contributed by atoms with Crippen LogP contribution in [-0.2, 0) is 20.4 Å². The first-order chi connectivity index (χ1) is 19.8. The van der Waals surface area contributed by atoms with Gasteiger partial charge in [0.1, 0.15) is 23.8 Å². The van der Waals surface area contributed by atoms with Gasteiger partial charge in [-0.1, -0.05) is 24.3 Å². The Balaban J connectivity index is 1.49. The van der Waals surface area contributed by atoms with Crippen LogP contribution in [0.2, 0.25) is 0 Å². The maximum absolute atomic E-state index is 13.8. The molecule has 4 rings (SSSR count). The topological polar surface area (TPSA) is 124 Å². The predicted octanol–water partition coefficient (Wildman–Crippen LogP) is 3.91. The number of nitrogens with one attached hydrogen (secondary N) is 1. The highest BCUT2D eigenvalue weighted by molar-refractivity contribution is 7.44. The molecule has 2 heterocycles. The van der Waals surface area contributed by atoms with E-state index in [0.29, 0.717) is 23.9 Å². The number of hydrogen-bond acceptors (Lipinski definition) is 9. The number of unbranched alkanes of at least 4 members (excludes halogenated alkanes) is 1. The third-order valence-electron chi connectivity index (χ3n) is 6.72. The molecule has 14 heteroatoms. The number of nitrogens with zero attached hydrogens (tertiary/aromatic N) is 2. The second-order valence-electron chi connectivity index (χ2n) is 9.48. The number of aliphatic hydroxyl groups excluding tert-OH is 1. The van der Waals surface area contributed by atoms with Crippen molar-refractivity contribution < 1.29 is 32.8 Å². The third-order valence-corrected chi connectivity index (χ3v) is 8.47. The fourth-order valence-corrected chi connectivity index (χ4v) is 6.10. The molecular formula is C27H34ClFN3O8P. The molecule has 11 nitrogen and oxygen atoms in total. The first kappa shape index (κ1) is 31.4. The summed E-state index contributed by atoms with van der Waals surface area (Å²) < 4.78 is 46.3. The molecule has 1 unspecified atom stereocenters. The Kier molecular flexibility index (Phi) is 11.1. The molecule has 2 N–H and O–H groups in total. The lowest BCUT2D eigenvalue weighted by Gasteiger charge is -2.28. The summed E-state index contributed by atoms with van der Waals surface area (Å²) in [6, 6.07) is 9.63. The molecule has 0 bridgehead atoms. The third kappa shape index (κ3) is 7.45. The zero-order valence-corrected chi connectivity index (χ0v) is 24.7. The lowest BCUT2D eigenvalue weighted by molar-refractivity contribution is -0.0431. The van der Waals surface area contributed by atoms with Crippen molar-refractivity contribution in [3.05, 3.63) is 68.7 Å². The molecule has 0 saturated carbocycles. The van der Waals surface area contributed by atoms with Gasteiger partial charge in [0.15, 0.2) is 0 Å². The minimum atomic E-state index is -1.63. The number of halogens is 2. The van der Waals surface area contributed by atoms with Gasteiger partial charge in [0.25, 0.3) is 14.1 Å². The summed E-state index contributed by atoms with van der Waals surface area (Å²) in [5, 5.41) is 12.4. The van der Waals surface area contributed by atoms with E-state index in [1.54, 1.807) is 14.2 Å². The number of aliphatic hydroxyl groups is 1. The smallest absolute Gasteiger partial charge is 0.330 e. The fourth-order valence-electron chi connectivity index (χ4n) is 4.61. The fraction of sp³-hybridized carbons (Fsp3) is 0.481. The average molecular weight is 614 g/mol. The van der Waals surface area contributed by atoms with Crippen LogP contribution >= 0.6 is 20.1 Å². The van der Waals surface area contributed by atoms with Gasteiger partial charge in [0.05, 0.1) is 39.7 Å². The molecule has 1 fully saturated rings. The molecule has 224 valence electrons. The predicted molar refractivity (Wildman–Crippen MR) is 153 cm³/mol. The lowest BCUT2D eigenvalue weighted by atomic mass is 10.0. The van der Waals surface area contributed by atoms with Crippen LogP contribution in [0, 0.1) is 5.82 Å². The van der Waals surface area contributed by atoms with E-state index in [0.717, 1.165) is 39.9 Å². The Morgan fingerprint density at radius 3 is 2.66 bits per heavy atom. The number of aromatic nitrogens is 2. The molecule has 1 aliphatic rings. The van der Waals surface area contributed by atoms with Crippen molar-refractivity contribution in [2.24, 2.45) is 0 Å². The van der Waals surface area contributed by atoms with E-state index in [4.69, 9.17) is 34.9 Å². The van der Waals surface area contributed by atoms with Gasteiger partial charge >= 0.3 is 5.69 Å². The van der Waals surface area contributed by atoms with Crippen molar-refractivity contribution in [2.75, 3.05) is 40.3 Å². The van der Waals surface area contributed by atoms with E-state index in [1.165, 1.54) is 0 Å². The minimum absolute atomic E-state index is 0.0118. The van der Waals surface area contributed by atoms with Gasteiger partial charge in [-0.3, -0.25) is 14.3 Å². The van der Waals surface area contributed by atoms with Crippen LogP contribution in [-0.4, -0.2) is 71.8 Å². The van der Waals surface area contributed by atoms with E-state index >= 15 is 0 Å². The molecule has 2 aromatic carbocycles. The summed E-state index contributed by atoms with van der Waals surface area (Å²) >= 11 is 5.86. The van der Waals surface area contributed by atoms with E-state index in [2.05, 4.69) is 0 Å². The van der Waals surface area contributed by atoms with Crippen LogP contribution in [0.3, 0.4) is 0 Å². The zero-order valence-electron chi connectivity index (χ0n) is 23.0. The van der Waals surface area contributed by atoms with Crippen LogP contribution in [0.15, 0.2) is 46.1 Å². The summed E-state index contributed by atoms with van der Waals surface area (Å²) in [7, 11) is 3.45. The van der Waals surface area contributed by atoms with Crippen LogP contribution in [0.5, 0.6) is 11.5 Å². The molecule has 4 atom stereocenters. The summed E-state index contributed by atoms with van der Waals surface area (Å²) in [5.74, 6) is 0.759. The van der Waals surface area contributed by atoms with Crippen molar-refractivity contribution in [1.82, 2.24) is 14.2 Å². The summed E-state index contributed by atoms with van der Waals surface area (Å²) in [6.07, 6.45) is -0.357. The van der Waals surface area contributed by atoms with Gasteiger partial charge in [-0.2, -0.15) is 4.39 Å². The Morgan fingerprint density at radius 1 is 1.20 bits per heavy atom. The minimum Gasteiger partial charge on any atom is -0.496 e. The van der Waals surface area contributed by atoms with Gasteiger partial charge in [-0.25, -0.2) is 9.46 Å². The van der Waals surface area contributed by atoms with E-state index in [1.807, 2.05) is 47.0 Å². The molecule has 0 aliphatic carbocycles. The molecule has 3 aromatic rings. The first-order valence-electron chi connectivity index (χ1n) is 13.1. The van der Waals surface area contributed by atoms with Crippen molar-refractivity contribution in [3.63, 3.8) is 0 Å². The number of hydrogen-bond donors (Lipinski definition) is 2. The number of benzene rings is 2. The Hall–Kier alpha value is -2.57. The van der Waals surface area contributed by atoms with Crippen molar-refractivity contribution in [3.8, 4) is 11.5 Å². The number of aromatic amines is 1. The Labute approximate surface area is 242 Å². The molecule has 0 radical (unpaired) electrons. The Bertz CT molecular complexity index is 1440. The highest BCUT2D eigenvalue weighted by Gasteiger charge is 2.37. The standard InChI is InChI=1S/C27H34ClFN3O8P/c1-31(11-7-6-10-28)41(38-15-17-12-22(36-2)18-8-4-5-9-19(18)25(17)37-3)39-16-23-21(33)13-24(40-23)32-14-20(29)26(34)30-27(32)35/h4-5,8-9,12,14,21,23-24,33H,6-7,10-11,13,15-16H2,1-3H3,(H,30,34,35)/t21-,23+,24+,41?/m0/s1. The zero-order chi connectivity index (χ0) is 29.5. The number of ether oxygens (including phenoxy) is 3. The molecule has 1 aromatic heterocycles. The lowest BCUT2D eigenvalue weighted by Crippen LogP contribution is -2.34. The van der Waals surface area contributed by atoms with E-state index in [-0.39, 0.29) is 19.6 Å². The van der Waals surface area contributed by atoms with Crippen LogP contribution in [0.1, 0.15) is 31.1 Å². The highest BCUT2D eigenvalue weighted by atomic mass is 35.5. The molecule has 1 aliphatic heterocycles. The van der Waals surface area contributed by atoms with Crippen LogP contribution < -0.4 is 20.7 Å². The Morgan fingerprint density at radius 2 is 1.95 bits per heavy atom. The molecule has 1 saturated heterocycles. The second kappa shape index (κ2) is 14.6. The second-order valence-corrected chi connectivity index (χ2v) is 11.5. The summed E-state index contributed by atoms with van der Waals surface area (Å²) in [4.78, 5) is 25.4. The summed E-state index contributed by atoms with van der Waals surface area (Å²) in [5.41, 5.74) is -1.19. The van der Waals surface area contributed by atoms with E-state index in [9.17, 15) is 19.1 Å². The number of methoxy groups -OCH3 is 2. The monoisotopic (exact) mass is 613 g/mol. The molecule has 0 amide bonds. The summed E-state index contributed by atoms with van der Waals surface area (Å²) in [6.45, 7) is 0.750.